The van der Waals surface area contributed by atoms with E-state index in [4.69, 9.17) is 16.3 Å². The second-order valence-electron chi connectivity index (χ2n) is 7.24. The van der Waals surface area contributed by atoms with Crippen molar-refractivity contribution in [2.75, 3.05) is 7.11 Å². The number of aromatic amines is 1. The molecule has 0 radical (unpaired) electrons. The number of rotatable bonds is 6. The van der Waals surface area contributed by atoms with Crippen molar-refractivity contribution in [3.05, 3.63) is 98.4 Å². The van der Waals surface area contributed by atoms with Gasteiger partial charge in [-0.15, -0.1) is 0 Å². The molecule has 162 valence electrons. The van der Waals surface area contributed by atoms with Gasteiger partial charge in [-0.1, -0.05) is 29.8 Å². The van der Waals surface area contributed by atoms with E-state index in [2.05, 4.69) is 15.3 Å². The third-order valence-electron chi connectivity index (χ3n) is 5.10. The lowest BCUT2D eigenvalue weighted by atomic mass is 10.0. The average molecular weight is 450 g/mol. The lowest BCUT2D eigenvalue weighted by Gasteiger charge is -2.10. The molecule has 32 heavy (non-hydrogen) atoms. The Morgan fingerprint density at radius 1 is 1.12 bits per heavy atom. The van der Waals surface area contributed by atoms with Crippen LogP contribution < -0.4 is 15.6 Å². The number of carbonyl (C=O) groups excluding carboxylic acids is 1. The number of carbonyl (C=O) groups is 1. The van der Waals surface area contributed by atoms with Crippen LogP contribution in [0.2, 0.25) is 5.02 Å². The number of hydrogen-bond acceptors (Lipinski definition) is 5. The molecule has 0 atom stereocenters. The van der Waals surface area contributed by atoms with Crippen LogP contribution in [0.1, 0.15) is 27.0 Å². The van der Waals surface area contributed by atoms with E-state index >= 15 is 0 Å². The lowest BCUT2D eigenvalue weighted by Crippen LogP contribution is -2.23. The number of nitrogens with one attached hydrogen (secondary N) is 2. The van der Waals surface area contributed by atoms with Gasteiger partial charge in [0.15, 0.2) is 0 Å². The zero-order chi connectivity index (χ0) is 22.7. The fraction of sp³-hybridized carbons (Fsp3) is 0.125. The van der Waals surface area contributed by atoms with Crippen molar-refractivity contribution in [2.45, 2.75) is 13.0 Å². The molecule has 8 heteroatoms. The molecule has 0 bridgehead atoms. The zero-order valence-corrected chi connectivity index (χ0v) is 17.9. The second-order valence-corrected chi connectivity index (χ2v) is 7.67. The van der Waals surface area contributed by atoms with Gasteiger partial charge < -0.3 is 20.1 Å². The average Bonchev–Trinajstić information content (AvgIpc) is 2.81. The Hall–Kier alpha value is -3.84. The summed E-state index contributed by atoms with van der Waals surface area (Å²) in [7, 11) is 1.53. The summed E-state index contributed by atoms with van der Waals surface area (Å²) in [5, 5.41) is 14.6. The van der Waals surface area contributed by atoms with Crippen molar-refractivity contribution in [1.82, 2.24) is 15.3 Å². The fourth-order valence-corrected chi connectivity index (χ4v) is 3.48. The summed E-state index contributed by atoms with van der Waals surface area (Å²) in [5.74, 6) is 0.0359. The summed E-state index contributed by atoms with van der Waals surface area (Å²) in [5.41, 5.74) is 2.30. The summed E-state index contributed by atoms with van der Waals surface area (Å²) in [4.78, 5) is 32.0. The summed E-state index contributed by atoms with van der Waals surface area (Å²) < 4.78 is 5.02. The van der Waals surface area contributed by atoms with Crippen molar-refractivity contribution in [2.24, 2.45) is 0 Å². The first-order chi connectivity index (χ1) is 15.4. The van der Waals surface area contributed by atoms with E-state index in [0.717, 1.165) is 11.1 Å². The summed E-state index contributed by atoms with van der Waals surface area (Å²) in [6.45, 7) is 0.285. The minimum atomic E-state index is -0.380. The first kappa shape index (κ1) is 21.4. The topological polar surface area (TPSA) is 104 Å². The van der Waals surface area contributed by atoms with Crippen LogP contribution in [0.4, 0.5) is 0 Å². The molecule has 4 aromatic rings. The molecular weight excluding hydrogens is 430 g/mol. The minimum absolute atomic E-state index is 0.146. The van der Waals surface area contributed by atoms with E-state index in [1.807, 2.05) is 6.07 Å². The summed E-state index contributed by atoms with van der Waals surface area (Å²) in [6, 6.07) is 15.3. The first-order valence-electron chi connectivity index (χ1n) is 9.84. The van der Waals surface area contributed by atoms with Gasteiger partial charge in [-0.3, -0.25) is 9.59 Å². The largest absolute Gasteiger partial charge is 0.507 e. The highest BCUT2D eigenvalue weighted by Crippen LogP contribution is 2.27. The monoisotopic (exact) mass is 449 g/mol. The number of halogens is 1. The number of aromatic nitrogens is 2. The molecule has 0 spiro atoms. The van der Waals surface area contributed by atoms with Gasteiger partial charge >= 0.3 is 0 Å². The number of hydrogen-bond donors (Lipinski definition) is 3. The molecule has 4 rings (SSSR count). The molecule has 0 saturated carbocycles. The smallest absolute Gasteiger partial charge is 0.255 e. The Morgan fingerprint density at radius 3 is 2.56 bits per heavy atom. The molecule has 0 aliphatic heterocycles. The van der Waals surface area contributed by atoms with Crippen LogP contribution >= 0.6 is 11.6 Å². The van der Waals surface area contributed by atoms with E-state index in [-0.39, 0.29) is 35.7 Å². The number of nitrogens with zero attached hydrogens (tertiary/aromatic N) is 1. The van der Waals surface area contributed by atoms with Crippen molar-refractivity contribution >= 4 is 28.4 Å². The Bertz CT molecular complexity index is 1330. The number of benzene rings is 2. The second kappa shape index (κ2) is 9.11. The molecule has 2 aromatic heterocycles. The van der Waals surface area contributed by atoms with Crippen LogP contribution in [-0.2, 0) is 13.0 Å². The number of fused-ring (bicyclic) bond motifs is 1. The predicted octanol–water partition coefficient (Wildman–Crippen LogP) is 3.81. The molecule has 0 saturated heterocycles. The SMILES string of the molecule is COc1ccc(CNC(=O)c2ccc3[nH]c(=O)c(Cc4ccc(Cl)cc4)c(O)c3c2)cn1. The van der Waals surface area contributed by atoms with Crippen LogP contribution in [0, 0.1) is 0 Å². The number of aromatic hydroxyl groups is 1. The number of ether oxygens (including phenoxy) is 1. The van der Waals surface area contributed by atoms with Gasteiger partial charge in [-0.2, -0.15) is 0 Å². The van der Waals surface area contributed by atoms with Crippen molar-refractivity contribution in [3.63, 3.8) is 0 Å². The van der Waals surface area contributed by atoms with Crippen LogP contribution in [-0.4, -0.2) is 28.1 Å². The fourth-order valence-electron chi connectivity index (χ4n) is 3.35. The molecule has 3 N–H and O–H groups in total. The molecule has 2 heterocycles. The summed E-state index contributed by atoms with van der Waals surface area (Å²) in [6.07, 6.45) is 1.86. The Balaban J connectivity index is 1.58. The van der Waals surface area contributed by atoms with Crippen LogP contribution in [0.3, 0.4) is 0 Å². The van der Waals surface area contributed by atoms with Gasteiger partial charge in [0, 0.05) is 41.2 Å². The van der Waals surface area contributed by atoms with E-state index < -0.39 is 0 Å². The van der Waals surface area contributed by atoms with Crippen molar-refractivity contribution in [1.29, 1.82) is 0 Å². The Kier molecular flexibility index (Phi) is 6.09. The number of amides is 1. The zero-order valence-electron chi connectivity index (χ0n) is 17.2. The maximum absolute atomic E-state index is 12.6. The van der Waals surface area contributed by atoms with E-state index in [9.17, 15) is 14.7 Å². The van der Waals surface area contributed by atoms with Crippen molar-refractivity contribution in [3.8, 4) is 11.6 Å². The maximum atomic E-state index is 12.6. The van der Waals surface area contributed by atoms with Crippen LogP contribution in [0.5, 0.6) is 11.6 Å². The number of methoxy groups -OCH3 is 1. The van der Waals surface area contributed by atoms with Gasteiger partial charge in [0.2, 0.25) is 5.88 Å². The standard InChI is InChI=1S/C24H20ClN3O4/c1-32-21-9-4-15(12-26-21)13-27-23(30)16-5-8-20-18(11-16)22(29)19(24(31)28-20)10-14-2-6-17(25)7-3-14/h2-9,11-12H,10,13H2,1H3,(H,27,30)(H2,28,29,31). The summed E-state index contributed by atoms with van der Waals surface area (Å²) >= 11 is 5.92. The molecule has 2 aromatic carbocycles. The molecule has 1 amide bonds. The highest BCUT2D eigenvalue weighted by atomic mass is 35.5. The highest BCUT2D eigenvalue weighted by Gasteiger charge is 2.15. The van der Waals surface area contributed by atoms with Crippen LogP contribution in [0.15, 0.2) is 65.6 Å². The van der Waals surface area contributed by atoms with E-state index in [1.165, 1.54) is 7.11 Å². The third kappa shape index (κ3) is 4.58. The molecule has 0 aliphatic carbocycles. The molecule has 0 aliphatic rings. The van der Waals surface area contributed by atoms with Crippen LogP contribution in [0.25, 0.3) is 10.9 Å². The Labute approximate surface area is 188 Å². The quantitative estimate of drug-likeness (QED) is 0.415. The highest BCUT2D eigenvalue weighted by molar-refractivity contribution is 6.30. The third-order valence-corrected chi connectivity index (χ3v) is 5.35. The molecular formula is C24H20ClN3O4. The minimum Gasteiger partial charge on any atom is -0.507 e. The maximum Gasteiger partial charge on any atom is 0.255 e. The van der Waals surface area contributed by atoms with E-state index in [0.29, 0.717) is 27.4 Å². The Morgan fingerprint density at radius 2 is 1.88 bits per heavy atom. The normalized spacial score (nSPS) is 10.8. The van der Waals surface area contributed by atoms with Gasteiger partial charge in [0.1, 0.15) is 5.75 Å². The first-order valence-corrected chi connectivity index (χ1v) is 10.2. The predicted molar refractivity (Wildman–Crippen MR) is 122 cm³/mol. The molecule has 7 nitrogen and oxygen atoms in total. The lowest BCUT2D eigenvalue weighted by molar-refractivity contribution is 0.0951. The molecule has 0 unspecified atom stereocenters. The number of pyridine rings is 2. The van der Waals surface area contributed by atoms with Gasteiger partial charge in [0.25, 0.3) is 11.5 Å². The van der Waals surface area contributed by atoms with Crippen molar-refractivity contribution < 1.29 is 14.6 Å². The van der Waals surface area contributed by atoms with Gasteiger partial charge in [-0.25, -0.2) is 4.98 Å². The van der Waals surface area contributed by atoms with E-state index in [1.54, 1.807) is 54.7 Å². The molecule has 0 fully saturated rings. The van der Waals surface area contributed by atoms with Gasteiger partial charge in [-0.05, 0) is 41.5 Å². The number of H-pyrrole nitrogens is 1. The van der Waals surface area contributed by atoms with Gasteiger partial charge in [0.05, 0.1) is 18.2 Å².